The lowest BCUT2D eigenvalue weighted by atomic mass is 10.0. The Bertz CT molecular complexity index is 285. The summed E-state index contributed by atoms with van der Waals surface area (Å²) in [6, 6.07) is 11.0. The van der Waals surface area contributed by atoms with Gasteiger partial charge in [0.2, 0.25) is 0 Å². The third-order valence-electron chi connectivity index (χ3n) is 2.80. The maximum Gasteiger partial charge on any atom is 0.0587 e. The maximum atomic E-state index is 9.27. The second-order valence-electron chi connectivity index (χ2n) is 4.09. The molecule has 0 unspecified atom stereocenters. The Balaban J connectivity index is 1.84. The van der Waals surface area contributed by atoms with Crippen molar-refractivity contribution < 1.29 is 5.11 Å². The van der Waals surface area contributed by atoms with Gasteiger partial charge in [-0.3, -0.25) is 0 Å². The molecule has 0 saturated carbocycles. The van der Waals surface area contributed by atoms with E-state index < -0.39 is 0 Å². The summed E-state index contributed by atoms with van der Waals surface area (Å²) in [6.07, 6.45) is 0.897. The standard InChI is InChI=1S/C12H18N2O/c15-9-11(14-12-7-13-8-12)6-10-4-2-1-3-5-10/h1-5,11-15H,6-9H2/t11-/m0/s1. The van der Waals surface area contributed by atoms with E-state index in [0.29, 0.717) is 6.04 Å². The molecule has 0 aliphatic carbocycles. The fraction of sp³-hybridized carbons (Fsp3) is 0.500. The van der Waals surface area contributed by atoms with Crippen LogP contribution in [-0.2, 0) is 6.42 Å². The first kappa shape index (κ1) is 10.6. The summed E-state index contributed by atoms with van der Waals surface area (Å²) in [5.74, 6) is 0. The lowest BCUT2D eigenvalue weighted by Crippen LogP contribution is -2.59. The summed E-state index contributed by atoms with van der Waals surface area (Å²) in [4.78, 5) is 0. The Labute approximate surface area is 90.5 Å². The molecule has 82 valence electrons. The van der Waals surface area contributed by atoms with Gasteiger partial charge in [0.05, 0.1) is 6.61 Å². The van der Waals surface area contributed by atoms with E-state index in [1.165, 1.54) is 5.56 Å². The predicted octanol–water partition coefficient (Wildman–Crippen LogP) is 0.151. The molecule has 3 N–H and O–H groups in total. The first-order valence-electron chi connectivity index (χ1n) is 5.50. The molecule has 1 saturated heterocycles. The minimum absolute atomic E-state index is 0.180. The number of aliphatic hydroxyl groups excluding tert-OH is 1. The SMILES string of the molecule is OC[C@H](Cc1ccccc1)NC1CNC1. The molecule has 1 fully saturated rings. The smallest absolute Gasteiger partial charge is 0.0587 e. The summed E-state index contributed by atoms with van der Waals surface area (Å²) in [6.45, 7) is 2.24. The highest BCUT2D eigenvalue weighted by Gasteiger charge is 2.20. The Morgan fingerprint density at radius 2 is 2.07 bits per heavy atom. The number of aliphatic hydroxyl groups is 1. The van der Waals surface area contributed by atoms with Gasteiger partial charge in [-0.25, -0.2) is 0 Å². The summed E-state index contributed by atoms with van der Waals surface area (Å²) in [7, 11) is 0. The van der Waals surface area contributed by atoms with Gasteiger partial charge in [-0.1, -0.05) is 30.3 Å². The Kier molecular flexibility index (Phi) is 3.72. The van der Waals surface area contributed by atoms with Crippen LogP contribution in [0.2, 0.25) is 0 Å². The number of hydrogen-bond acceptors (Lipinski definition) is 3. The lowest BCUT2D eigenvalue weighted by Gasteiger charge is -2.32. The summed E-state index contributed by atoms with van der Waals surface area (Å²) in [5.41, 5.74) is 1.27. The second-order valence-corrected chi connectivity index (χ2v) is 4.09. The molecule has 1 atom stereocenters. The Hall–Kier alpha value is -0.900. The van der Waals surface area contributed by atoms with E-state index in [2.05, 4.69) is 22.8 Å². The zero-order chi connectivity index (χ0) is 10.5. The van der Waals surface area contributed by atoms with E-state index in [1.807, 2.05) is 18.2 Å². The molecule has 3 nitrogen and oxygen atoms in total. The van der Waals surface area contributed by atoms with Gasteiger partial charge in [-0.05, 0) is 12.0 Å². The van der Waals surface area contributed by atoms with E-state index in [9.17, 15) is 5.11 Å². The fourth-order valence-electron chi connectivity index (χ4n) is 1.81. The van der Waals surface area contributed by atoms with Gasteiger partial charge in [0.25, 0.3) is 0 Å². The van der Waals surface area contributed by atoms with Crippen molar-refractivity contribution in [1.29, 1.82) is 0 Å². The van der Waals surface area contributed by atoms with Gasteiger partial charge in [0.15, 0.2) is 0 Å². The van der Waals surface area contributed by atoms with Crippen molar-refractivity contribution in [3.8, 4) is 0 Å². The minimum atomic E-state index is 0.180. The zero-order valence-corrected chi connectivity index (χ0v) is 8.82. The first-order valence-corrected chi connectivity index (χ1v) is 5.50. The van der Waals surface area contributed by atoms with Crippen molar-refractivity contribution >= 4 is 0 Å². The Morgan fingerprint density at radius 3 is 2.60 bits per heavy atom. The summed E-state index contributed by atoms with van der Waals surface area (Å²) >= 11 is 0. The second kappa shape index (κ2) is 5.26. The van der Waals surface area contributed by atoms with Crippen LogP contribution in [0.5, 0.6) is 0 Å². The van der Waals surface area contributed by atoms with Crippen molar-refractivity contribution in [2.24, 2.45) is 0 Å². The van der Waals surface area contributed by atoms with Crippen molar-refractivity contribution in [2.75, 3.05) is 19.7 Å². The van der Waals surface area contributed by atoms with E-state index in [0.717, 1.165) is 19.5 Å². The molecule has 1 aromatic rings. The third kappa shape index (κ3) is 3.02. The minimum Gasteiger partial charge on any atom is -0.395 e. The molecular weight excluding hydrogens is 188 g/mol. The zero-order valence-electron chi connectivity index (χ0n) is 8.82. The van der Waals surface area contributed by atoms with Crippen LogP contribution < -0.4 is 10.6 Å². The van der Waals surface area contributed by atoms with Crippen LogP contribution in [0, 0.1) is 0 Å². The molecule has 1 heterocycles. The van der Waals surface area contributed by atoms with Gasteiger partial charge in [-0.2, -0.15) is 0 Å². The number of nitrogens with one attached hydrogen (secondary N) is 2. The van der Waals surface area contributed by atoms with E-state index >= 15 is 0 Å². The number of hydrogen-bond donors (Lipinski definition) is 3. The van der Waals surface area contributed by atoms with Gasteiger partial charge in [0, 0.05) is 25.2 Å². The average Bonchev–Trinajstić information content (AvgIpc) is 2.23. The van der Waals surface area contributed by atoms with Crippen LogP contribution in [0.4, 0.5) is 0 Å². The maximum absolute atomic E-state index is 9.27. The van der Waals surface area contributed by atoms with Crippen LogP contribution in [0.3, 0.4) is 0 Å². The molecule has 0 bridgehead atoms. The van der Waals surface area contributed by atoms with Gasteiger partial charge >= 0.3 is 0 Å². The fourth-order valence-corrected chi connectivity index (χ4v) is 1.81. The highest BCUT2D eigenvalue weighted by Crippen LogP contribution is 2.04. The molecule has 0 aromatic heterocycles. The molecule has 1 aromatic carbocycles. The van der Waals surface area contributed by atoms with Crippen molar-refractivity contribution in [2.45, 2.75) is 18.5 Å². The number of rotatable bonds is 5. The van der Waals surface area contributed by atoms with Crippen LogP contribution in [-0.4, -0.2) is 36.9 Å². The summed E-state index contributed by atoms with van der Waals surface area (Å²) in [5, 5.41) is 15.9. The molecular formula is C12H18N2O. The Morgan fingerprint density at radius 1 is 1.33 bits per heavy atom. The van der Waals surface area contributed by atoms with Gasteiger partial charge < -0.3 is 15.7 Å². The molecule has 2 rings (SSSR count). The average molecular weight is 206 g/mol. The normalized spacial score (nSPS) is 18.5. The highest BCUT2D eigenvalue weighted by molar-refractivity contribution is 5.16. The van der Waals surface area contributed by atoms with Crippen molar-refractivity contribution in [1.82, 2.24) is 10.6 Å². The van der Waals surface area contributed by atoms with E-state index in [4.69, 9.17) is 0 Å². The topological polar surface area (TPSA) is 44.3 Å². The molecule has 15 heavy (non-hydrogen) atoms. The predicted molar refractivity (Wildman–Crippen MR) is 60.8 cm³/mol. The van der Waals surface area contributed by atoms with E-state index in [-0.39, 0.29) is 12.6 Å². The largest absolute Gasteiger partial charge is 0.395 e. The third-order valence-corrected chi connectivity index (χ3v) is 2.80. The molecule has 0 spiro atoms. The van der Waals surface area contributed by atoms with Crippen molar-refractivity contribution in [3.05, 3.63) is 35.9 Å². The first-order chi connectivity index (χ1) is 7.38. The summed E-state index contributed by atoms with van der Waals surface area (Å²) < 4.78 is 0. The molecule has 1 aliphatic rings. The number of benzene rings is 1. The van der Waals surface area contributed by atoms with Crippen LogP contribution >= 0.6 is 0 Å². The quantitative estimate of drug-likeness (QED) is 0.642. The lowest BCUT2D eigenvalue weighted by molar-refractivity contribution is 0.214. The van der Waals surface area contributed by atoms with Crippen LogP contribution in [0.25, 0.3) is 0 Å². The van der Waals surface area contributed by atoms with Gasteiger partial charge in [0.1, 0.15) is 0 Å². The van der Waals surface area contributed by atoms with Crippen molar-refractivity contribution in [3.63, 3.8) is 0 Å². The molecule has 1 aliphatic heterocycles. The van der Waals surface area contributed by atoms with E-state index in [1.54, 1.807) is 0 Å². The van der Waals surface area contributed by atoms with Gasteiger partial charge in [-0.15, -0.1) is 0 Å². The molecule has 3 heteroatoms. The monoisotopic (exact) mass is 206 g/mol. The van der Waals surface area contributed by atoms with Crippen LogP contribution in [0.15, 0.2) is 30.3 Å². The van der Waals surface area contributed by atoms with Crippen LogP contribution in [0.1, 0.15) is 5.56 Å². The molecule has 0 radical (unpaired) electrons. The molecule has 0 amide bonds. The highest BCUT2D eigenvalue weighted by atomic mass is 16.3.